The first kappa shape index (κ1) is 18.5. The normalized spacial score (nSPS) is 19.6. The van der Waals surface area contributed by atoms with E-state index in [1.54, 1.807) is 11.3 Å². The van der Waals surface area contributed by atoms with Crippen LogP contribution in [0.2, 0.25) is 0 Å². The van der Waals surface area contributed by atoms with Gasteiger partial charge in [0.1, 0.15) is 0 Å². The van der Waals surface area contributed by atoms with Crippen molar-refractivity contribution in [3.8, 4) is 0 Å². The van der Waals surface area contributed by atoms with Crippen LogP contribution in [0.5, 0.6) is 0 Å². The van der Waals surface area contributed by atoms with Crippen molar-refractivity contribution in [2.24, 2.45) is 5.92 Å². The number of hydrogen-bond acceptors (Lipinski definition) is 4. The molecule has 0 bridgehead atoms. The Kier molecular flexibility index (Phi) is 5.50. The molecule has 0 unspecified atom stereocenters. The van der Waals surface area contributed by atoms with E-state index in [9.17, 15) is 4.79 Å². The van der Waals surface area contributed by atoms with Crippen molar-refractivity contribution in [3.63, 3.8) is 0 Å². The fourth-order valence-electron chi connectivity index (χ4n) is 4.08. The quantitative estimate of drug-likeness (QED) is 0.799. The molecule has 1 aliphatic carbocycles. The number of benzene rings is 1. The van der Waals surface area contributed by atoms with Crippen LogP contribution in [0.15, 0.2) is 30.3 Å². The molecule has 27 heavy (non-hydrogen) atoms. The predicted molar refractivity (Wildman–Crippen MR) is 111 cm³/mol. The Morgan fingerprint density at radius 1 is 1.30 bits per heavy atom. The van der Waals surface area contributed by atoms with Crippen molar-refractivity contribution in [2.45, 2.75) is 32.7 Å². The van der Waals surface area contributed by atoms with Crippen molar-refractivity contribution >= 4 is 22.9 Å². The van der Waals surface area contributed by atoms with Gasteiger partial charge in [0, 0.05) is 37.2 Å². The number of para-hydroxylation sites is 1. The molecule has 1 atom stereocenters. The molecule has 1 saturated heterocycles. The van der Waals surface area contributed by atoms with Gasteiger partial charge >= 0.3 is 0 Å². The van der Waals surface area contributed by atoms with Crippen LogP contribution in [0.4, 0.5) is 5.69 Å². The van der Waals surface area contributed by atoms with Crippen molar-refractivity contribution in [3.05, 3.63) is 51.2 Å². The zero-order valence-electron chi connectivity index (χ0n) is 16.2. The average Bonchev–Trinajstić information content (AvgIpc) is 3.11. The van der Waals surface area contributed by atoms with Gasteiger partial charge in [-0.2, -0.15) is 0 Å². The van der Waals surface area contributed by atoms with Crippen LogP contribution in [0.25, 0.3) is 0 Å². The maximum Gasteiger partial charge on any atom is 0.263 e. The molecule has 144 valence electrons. The zero-order chi connectivity index (χ0) is 18.8. The van der Waals surface area contributed by atoms with E-state index in [1.807, 2.05) is 11.9 Å². The Balaban J connectivity index is 1.49. The van der Waals surface area contributed by atoms with Gasteiger partial charge in [-0.05, 0) is 48.4 Å². The van der Waals surface area contributed by atoms with Gasteiger partial charge in [-0.25, -0.2) is 0 Å². The lowest BCUT2D eigenvalue weighted by molar-refractivity contribution is 0.0789. The summed E-state index contributed by atoms with van der Waals surface area (Å²) in [6, 6.07) is 10.6. The molecule has 1 fully saturated rings. The molecule has 4 rings (SSSR count). The molecule has 5 heteroatoms. The maximum atomic E-state index is 13.0. The summed E-state index contributed by atoms with van der Waals surface area (Å²) in [5.74, 6) is 0.868. The molecule has 2 heterocycles. The van der Waals surface area contributed by atoms with Crippen molar-refractivity contribution in [2.75, 3.05) is 38.3 Å². The first-order chi connectivity index (χ1) is 13.1. The topological polar surface area (TPSA) is 32.8 Å². The first-order valence-corrected chi connectivity index (χ1v) is 10.7. The fraction of sp³-hybridized carbons (Fsp3) is 0.500. The summed E-state index contributed by atoms with van der Waals surface area (Å²) >= 11 is 1.70. The monoisotopic (exact) mass is 384 g/mol. The molecule has 2 aliphatic rings. The number of hydrogen-bond donors (Lipinski definition) is 0. The fourth-order valence-corrected chi connectivity index (χ4v) is 5.29. The van der Waals surface area contributed by atoms with Crippen LogP contribution in [0.1, 0.15) is 39.0 Å². The Bertz CT molecular complexity index is 810. The lowest BCUT2D eigenvalue weighted by atomic mass is 9.90. The van der Waals surface area contributed by atoms with Crippen LogP contribution >= 0.6 is 11.3 Å². The van der Waals surface area contributed by atoms with Crippen molar-refractivity contribution < 1.29 is 9.53 Å². The summed E-state index contributed by atoms with van der Waals surface area (Å²) in [5.41, 5.74) is 3.81. The lowest BCUT2D eigenvalue weighted by Gasteiger charge is -2.31. The number of thiophene rings is 1. The van der Waals surface area contributed by atoms with Gasteiger partial charge in [-0.3, -0.25) is 4.79 Å². The largest absolute Gasteiger partial charge is 0.378 e. The molecule has 1 aliphatic heterocycles. The van der Waals surface area contributed by atoms with Crippen molar-refractivity contribution in [1.82, 2.24) is 4.90 Å². The molecular formula is C22H28N2O2S. The highest BCUT2D eigenvalue weighted by Gasteiger charge is 2.23. The van der Waals surface area contributed by atoms with E-state index in [4.69, 9.17) is 4.74 Å². The highest BCUT2D eigenvalue weighted by Crippen LogP contribution is 2.33. The molecule has 1 amide bonds. The van der Waals surface area contributed by atoms with E-state index in [1.165, 1.54) is 28.1 Å². The Morgan fingerprint density at radius 3 is 2.89 bits per heavy atom. The number of rotatable bonds is 4. The molecule has 0 saturated carbocycles. The molecule has 0 radical (unpaired) electrons. The number of aryl methyl sites for hydroxylation is 1. The lowest BCUT2D eigenvalue weighted by Crippen LogP contribution is -2.37. The van der Waals surface area contributed by atoms with E-state index in [0.29, 0.717) is 6.54 Å². The molecule has 0 spiro atoms. The Hall–Kier alpha value is -1.85. The van der Waals surface area contributed by atoms with Crippen LogP contribution in [0, 0.1) is 5.92 Å². The summed E-state index contributed by atoms with van der Waals surface area (Å²) in [5, 5.41) is 0. The second kappa shape index (κ2) is 8.03. The van der Waals surface area contributed by atoms with E-state index in [-0.39, 0.29) is 5.91 Å². The number of anilines is 1. The van der Waals surface area contributed by atoms with E-state index in [2.05, 4.69) is 42.2 Å². The van der Waals surface area contributed by atoms with Gasteiger partial charge in [-0.1, -0.05) is 25.1 Å². The number of fused-ring (bicyclic) bond motifs is 1. The first-order valence-electron chi connectivity index (χ1n) is 9.89. The third-order valence-electron chi connectivity index (χ3n) is 5.64. The Labute approximate surface area is 165 Å². The van der Waals surface area contributed by atoms with Crippen LogP contribution in [-0.2, 0) is 24.1 Å². The summed E-state index contributed by atoms with van der Waals surface area (Å²) in [7, 11) is 1.92. The van der Waals surface area contributed by atoms with Gasteiger partial charge in [0.2, 0.25) is 0 Å². The number of nitrogens with zero attached hydrogens (tertiary/aromatic N) is 2. The summed E-state index contributed by atoms with van der Waals surface area (Å²) in [4.78, 5) is 19.6. The minimum atomic E-state index is 0.138. The average molecular weight is 385 g/mol. The smallest absolute Gasteiger partial charge is 0.263 e. The second-order valence-electron chi connectivity index (χ2n) is 7.80. The number of ether oxygens (including phenoxy) is 1. The van der Waals surface area contributed by atoms with Crippen LogP contribution in [0.3, 0.4) is 0 Å². The molecule has 0 N–H and O–H groups in total. The van der Waals surface area contributed by atoms with Gasteiger partial charge in [-0.15, -0.1) is 11.3 Å². The number of morpholine rings is 1. The third kappa shape index (κ3) is 4.04. The standard InChI is InChI=1S/C22H28N2O2S/c1-16-7-8-20-18(13-16)14-21(27-20)22(25)23(2)15-17-5-3-4-6-19(17)24-9-11-26-12-10-24/h3-6,14,16H,7-13,15H2,1-2H3/t16-/m0/s1. The SMILES string of the molecule is C[C@H]1CCc2sc(C(=O)N(C)Cc3ccccc3N3CCOCC3)cc2C1. The van der Waals surface area contributed by atoms with Crippen LogP contribution in [-0.4, -0.2) is 44.2 Å². The second-order valence-corrected chi connectivity index (χ2v) is 8.93. The number of carbonyl (C=O) groups is 1. The van der Waals surface area contributed by atoms with Gasteiger partial charge in [0.15, 0.2) is 0 Å². The third-order valence-corrected chi connectivity index (χ3v) is 6.86. The van der Waals surface area contributed by atoms with Gasteiger partial charge in [0.25, 0.3) is 5.91 Å². The zero-order valence-corrected chi connectivity index (χ0v) is 17.1. The summed E-state index contributed by atoms with van der Waals surface area (Å²) in [6.07, 6.45) is 3.48. The van der Waals surface area contributed by atoms with Crippen LogP contribution < -0.4 is 4.90 Å². The highest BCUT2D eigenvalue weighted by atomic mass is 32.1. The van der Waals surface area contributed by atoms with E-state index in [0.717, 1.165) is 49.9 Å². The molecule has 1 aromatic carbocycles. The molecule has 4 nitrogen and oxygen atoms in total. The van der Waals surface area contributed by atoms with E-state index < -0.39 is 0 Å². The number of amides is 1. The maximum absolute atomic E-state index is 13.0. The number of carbonyl (C=O) groups excluding carboxylic acids is 1. The van der Waals surface area contributed by atoms with Gasteiger partial charge < -0.3 is 14.5 Å². The molecule has 2 aromatic rings. The Morgan fingerprint density at radius 2 is 2.07 bits per heavy atom. The minimum Gasteiger partial charge on any atom is -0.378 e. The van der Waals surface area contributed by atoms with E-state index >= 15 is 0 Å². The predicted octanol–water partition coefficient (Wildman–Crippen LogP) is 3.98. The highest BCUT2D eigenvalue weighted by molar-refractivity contribution is 7.14. The minimum absolute atomic E-state index is 0.138. The molecule has 1 aromatic heterocycles. The summed E-state index contributed by atoms with van der Waals surface area (Å²) < 4.78 is 5.48. The van der Waals surface area contributed by atoms with Crippen molar-refractivity contribution in [1.29, 1.82) is 0 Å². The summed E-state index contributed by atoms with van der Waals surface area (Å²) in [6.45, 7) is 6.28. The van der Waals surface area contributed by atoms with Gasteiger partial charge in [0.05, 0.1) is 18.1 Å². The molecular weight excluding hydrogens is 356 g/mol.